The number of aromatic nitrogens is 2. The Hall–Kier alpha value is -3.60. The van der Waals surface area contributed by atoms with E-state index >= 15 is 0 Å². The first-order valence-corrected chi connectivity index (χ1v) is 11.6. The molecule has 0 radical (unpaired) electrons. The second kappa shape index (κ2) is 11.0. The van der Waals surface area contributed by atoms with Gasteiger partial charge in [-0.3, -0.25) is 0 Å². The first kappa shape index (κ1) is 25.5. The Morgan fingerprint density at radius 3 is 2.69 bits per heavy atom. The Morgan fingerprint density at radius 1 is 1.14 bits per heavy atom. The van der Waals surface area contributed by atoms with Gasteiger partial charge in [0.2, 0.25) is 0 Å². The summed E-state index contributed by atoms with van der Waals surface area (Å²) in [5.74, 6) is -0.292. The van der Waals surface area contributed by atoms with Gasteiger partial charge in [-0.15, -0.1) is 5.11 Å². The van der Waals surface area contributed by atoms with Crippen LogP contribution in [0.5, 0.6) is 0 Å². The van der Waals surface area contributed by atoms with Crippen LogP contribution < -0.4 is 10.2 Å². The molecule has 1 atom stereocenters. The van der Waals surface area contributed by atoms with Crippen LogP contribution in [0, 0.1) is 5.82 Å². The number of benzene rings is 2. The predicted octanol–water partition coefficient (Wildman–Crippen LogP) is 6.45. The lowest BCUT2D eigenvalue weighted by Gasteiger charge is -2.31. The van der Waals surface area contributed by atoms with E-state index in [9.17, 15) is 17.6 Å². The highest BCUT2D eigenvalue weighted by molar-refractivity contribution is 5.62. The Labute approximate surface area is 206 Å². The van der Waals surface area contributed by atoms with Gasteiger partial charge < -0.3 is 15.0 Å². The number of azo groups is 1. The summed E-state index contributed by atoms with van der Waals surface area (Å²) in [6, 6.07) is 10.5. The average Bonchev–Trinajstić information content (AvgIpc) is 2.85. The molecule has 3 aromatic rings. The fraction of sp³-hybridized carbons (Fsp3) is 0.360. The molecular formula is C25H26F4N6O. The molecule has 0 aliphatic carbocycles. The van der Waals surface area contributed by atoms with Crippen molar-refractivity contribution in [3.63, 3.8) is 0 Å². The third kappa shape index (κ3) is 6.34. The molecule has 11 heteroatoms. The van der Waals surface area contributed by atoms with Gasteiger partial charge in [0.05, 0.1) is 31.0 Å². The summed E-state index contributed by atoms with van der Waals surface area (Å²) in [7, 11) is 0. The van der Waals surface area contributed by atoms with Crippen LogP contribution in [-0.2, 0) is 23.9 Å². The molecule has 0 amide bonds. The highest BCUT2D eigenvalue weighted by Crippen LogP contribution is 2.32. The van der Waals surface area contributed by atoms with E-state index in [4.69, 9.17) is 4.74 Å². The van der Waals surface area contributed by atoms with Crippen molar-refractivity contribution in [2.45, 2.75) is 39.1 Å². The molecule has 7 nitrogen and oxygen atoms in total. The minimum Gasteiger partial charge on any atom is -0.375 e. The molecule has 1 N–H and O–H groups in total. The highest BCUT2D eigenvalue weighted by atomic mass is 19.4. The lowest BCUT2D eigenvalue weighted by atomic mass is 10.0. The smallest absolute Gasteiger partial charge is 0.375 e. The number of rotatable bonds is 7. The number of morpholine rings is 1. The number of anilines is 3. The number of aryl methyl sites for hydroxylation is 1. The zero-order valence-electron chi connectivity index (χ0n) is 19.9. The molecule has 2 heterocycles. The van der Waals surface area contributed by atoms with Crippen LogP contribution in [-0.4, -0.2) is 35.8 Å². The second-order valence-electron chi connectivity index (χ2n) is 8.41. The van der Waals surface area contributed by atoms with Crippen molar-refractivity contribution in [3.05, 3.63) is 71.2 Å². The molecule has 1 unspecified atom stereocenters. The summed E-state index contributed by atoms with van der Waals surface area (Å²) < 4.78 is 58.8. The van der Waals surface area contributed by atoms with E-state index in [0.29, 0.717) is 37.5 Å². The molecule has 4 rings (SSSR count). The zero-order valence-corrected chi connectivity index (χ0v) is 19.9. The van der Waals surface area contributed by atoms with Crippen molar-refractivity contribution >= 4 is 23.1 Å². The fourth-order valence-electron chi connectivity index (χ4n) is 3.93. The van der Waals surface area contributed by atoms with Gasteiger partial charge in [0.25, 0.3) is 5.95 Å². The van der Waals surface area contributed by atoms with Gasteiger partial charge in [-0.25, -0.2) is 9.37 Å². The molecule has 0 saturated carbocycles. The molecule has 190 valence electrons. The van der Waals surface area contributed by atoms with Gasteiger partial charge in [0.1, 0.15) is 0 Å². The molecule has 1 aromatic heterocycles. The number of ether oxygens (including phenoxy) is 1. The van der Waals surface area contributed by atoms with Crippen LogP contribution in [0.15, 0.2) is 58.9 Å². The summed E-state index contributed by atoms with van der Waals surface area (Å²) in [4.78, 5) is 9.94. The van der Waals surface area contributed by atoms with Crippen LogP contribution in [0.25, 0.3) is 0 Å². The molecule has 1 aliphatic heterocycles. The molecule has 1 saturated heterocycles. The number of nitrogens with zero attached hydrogens (tertiary/aromatic N) is 5. The Bertz CT molecular complexity index is 1230. The SMILES string of the molecule is CCc1cc(Nc2cccc(C(F)(F)F)c2)ccc1CN=Nc1ncc(F)c(N2CCOC(C)C2)n1. The van der Waals surface area contributed by atoms with E-state index in [-0.39, 0.29) is 24.4 Å². The number of hydrogen-bond donors (Lipinski definition) is 1. The van der Waals surface area contributed by atoms with E-state index in [2.05, 4.69) is 25.5 Å². The second-order valence-corrected chi connectivity index (χ2v) is 8.41. The summed E-state index contributed by atoms with van der Waals surface area (Å²) in [5, 5.41) is 11.3. The number of alkyl halides is 3. The minimum absolute atomic E-state index is 0.0308. The molecule has 1 aliphatic rings. The van der Waals surface area contributed by atoms with E-state index in [1.807, 2.05) is 26.0 Å². The van der Waals surface area contributed by atoms with E-state index in [1.165, 1.54) is 6.07 Å². The van der Waals surface area contributed by atoms with Crippen molar-refractivity contribution in [2.24, 2.45) is 10.2 Å². The molecular weight excluding hydrogens is 476 g/mol. The van der Waals surface area contributed by atoms with Crippen LogP contribution >= 0.6 is 0 Å². The van der Waals surface area contributed by atoms with Gasteiger partial charge in [-0.2, -0.15) is 23.3 Å². The van der Waals surface area contributed by atoms with Crippen molar-refractivity contribution in [2.75, 3.05) is 29.9 Å². The molecule has 36 heavy (non-hydrogen) atoms. The van der Waals surface area contributed by atoms with Gasteiger partial charge in [-0.05, 0) is 54.8 Å². The van der Waals surface area contributed by atoms with Crippen LogP contribution in [0.2, 0.25) is 0 Å². The number of nitrogens with one attached hydrogen (secondary N) is 1. The topological polar surface area (TPSA) is 75.0 Å². The first-order valence-electron chi connectivity index (χ1n) is 11.6. The third-order valence-corrected chi connectivity index (χ3v) is 5.72. The quantitative estimate of drug-likeness (QED) is 0.297. The predicted molar refractivity (Wildman–Crippen MR) is 128 cm³/mol. The van der Waals surface area contributed by atoms with Crippen LogP contribution in [0.1, 0.15) is 30.5 Å². The maximum atomic E-state index is 14.3. The van der Waals surface area contributed by atoms with Crippen LogP contribution in [0.4, 0.5) is 40.7 Å². The highest BCUT2D eigenvalue weighted by Gasteiger charge is 2.30. The number of hydrogen-bond acceptors (Lipinski definition) is 7. The maximum absolute atomic E-state index is 14.3. The summed E-state index contributed by atoms with van der Waals surface area (Å²) in [6.45, 7) is 5.67. The van der Waals surface area contributed by atoms with E-state index in [0.717, 1.165) is 29.5 Å². The largest absolute Gasteiger partial charge is 0.416 e. The maximum Gasteiger partial charge on any atom is 0.416 e. The van der Waals surface area contributed by atoms with Crippen molar-refractivity contribution in [3.8, 4) is 0 Å². The first-order chi connectivity index (χ1) is 17.2. The van der Waals surface area contributed by atoms with E-state index < -0.39 is 17.6 Å². The average molecular weight is 503 g/mol. The fourth-order valence-corrected chi connectivity index (χ4v) is 3.93. The molecule has 0 spiro atoms. The van der Waals surface area contributed by atoms with Gasteiger partial charge >= 0.3 is 6.18 Å². The standard InChI is InChI=1S/C25H26F4N6O/c1-3-17-11-21(32-20-6-4-5-19(12-20)25(27,28)29)8-7-18(17)13-31-34-24-30-14-22(26)23(33-24)35-9-10-36-16(2)15-35/h4-8,11-12,14,16,32H,3,9-10,13,15H2,1-2H3. The van der Waals surface area contributed by atoms with Gasteiger partial charge in [0.15, 0.2) is 11.6 Å². The van der Waals surface area contributed by atoms with E-state index in [1.54, 1.807) is 17.0 Å². The van der Waals surface area contributed by atoms with Gasteiger partial charge in [0, 0.05) is 24.5 Å². The van der Waals surface area contributed by atoms with Crippen molar-refractivity contribution in [1.82, 2.24) is 9.97 Å². The Morgan fingerprint density at radius 2 is 1.94 bits per heavy atom. The van der Waals surface area contributed by atoms with Crippen molar-refractivity contribution in [1.29, 1.82) is 0 Å². The third-order valence-electron chi connectivity index (χ3n) is 5.72. The summed E-state index contributed by atoms with van der Waals surface area (Å²) >= 11 is 0. The Balaban J connectivity index is 1.45. The number of halogens is 4. The van der Waals surface area contributed by atoms with Crippen LogP contribution in [0.3, 0.4) is 0 Å². The lowest BCUT2D eigenvalue weighted by Crippen LogP contribution is -2.42. The monoisotopic (exact) mass is 502 g/mol. The summed E-state index contributed by atoms with van der Waals surface area (Å²) in [6.07, 6.45) is -2.66. The zero-order chi connectivity index (χ0) is 25.7. The normalized spacial score (nSPS) is 16.5. The van der Waals surface area contributed by atoms with Crippen molar-refractivity contribution < 1.29 is 22.3 Å². The molecule has 0 bridgehead atoms. The minimum atomic E-state index is -4.41. The van der Waals surface area contributed by atoms with Gasteiger partial charge in [-0.1, -0.05) is 19.1 Å². The molecule has 1 fully saturated rings. The Kier molecular flexibility index (Phi) is 7.78. The summed E-state index contributed by atoms with van der Waals surface area (Å²) in [5.41, 5.74) is 2.17. The lowest BCUT2D eigenvalue weighted by molar-refractivity contribution is -0.137. The molecule has 2 aromatic carbocycles.